The third kappa shape index (κ3) is 2.78. The van der Waals surface area contributed by atoms with Crippen LogP contribution < -0.4 is 4.74 Å². The molecule has 3 rings (SSSR count). The van der Waals surface area contributed by atoms with Crippen molar-refractivity contribution >= 4 is 43.5 Å². The van der Waals surface area contributed by atoms with Gasteiger partial charge in [-0.25, -0.2) is 0 Å². The van der Waals surface area contributed by atoms with Gasteiger partial charge in [0.25, 0.3) is 0 Å². The first-order valence-corrected chi connectivity index (χ1v) is 9.46. The SMILES string of the molecule is Clc1ccc(Br)cc1OC1CC(Br)C12CCCCCC2. The molecule has 0 aromatic heterocycles. The molecular formula is C16H19Br2ClO. The van der Waals surface area contributed by atoms with Crippen LogP contribution in [0.15, 0.2) is 22.7 Å². The predicted octanol–water partition coefficient (Wildman–Crippen LogP) is 6.36. The van der Waals surface area contributed by atoms with Gasteiger partial charge in [-0.3, -0.25) is 0 Å². The number of benzene rings is 1. The van der Waals surface area contributed by atoms with Crippen LogP contribution in [-0.2, 0) is 0 Å². The smallest absolute Gasteiger partial charge is 0.139 e. The van der Waals surface area contributed by atoms with E-state index >= 15 is 0 Å². The van der Waals surface area contributed by atoms with Gasteiger partial charge in [-0.1, -0.05) is 69.1 Å². The molecule has 2 atom stereocenters. The Bertz CT molecular complexity index is 483. The highest BCUT2D eigenvalue weighted by Gasteiger charge is 2.55. The van der Waals surface area contributed by atoms with E-state index in [2.05, 4.69) is 31.9 Å². The van der Waals surface area contributed by atoms with Gasteiger partial charge in [0, 0.05) is 14.7 Å². The number of ether oxygens (including phenoxy) is 1. The number of halogens is 3. The summed E-state index contributed by atoms with van der Waals surface area (Å²) in [6.07, 6.45) is 9.33. The van der Waals surface area contributed by atoms with Gasteiger partial charge in [0.05, 0.1) is 5.02 Å². The predicted molar refractivity (Wildman–Crippen MR) is 91.0 cm³/mol. The lowest BCUT2D eigenvalue weighted by Gasteiger charge is -2.53. The number of hydrogen-bond acceptors (Lipinski definition) is 1. The molecular weight excluding hydrogens is 403 g/mol. The molecule has 0 saturated heterocycles. The van der Waals surface area contributed by atoms with Crippen LogP contribution in [0.3, 0.4) is 0 Å². The summed E-state index contributed by atoms with van der Waals surface area (Å²) in [4.78, 5) is 0.601. The average Bonchev–Trinajstić information content (AvgIpc) is 2.70. The van der Waals surface area contributed by atoms with E-state index in [-0.39, 0.29) is 0 Å². The van der Waals surface area contributed by atoms with Crippen molar-refractivity contribution in [1.29, 1.82) is 0 Å². The Kier molecular flexibility index (Phi) is 4.69. The van der Waals surface area contributed by atoms with Crippen LogP contribution in [0, 0.1) is 5.41 Å². The van der Waals surface area contributed by atoms with E-state index in [1.54, 1.807) is 0 Å². The molecule has 2 unspecified atom stereocenters. The molecule has 110 valence electrons. The Morgan fingerprint density at radius 1 is 1.15 bits per heavy atom. The van der Waals surface area contributed by atoms with Crippen molar-refractivity contribution in [2.75, 3.05) is 0 Å². The monoisotopic (exact) mass is 420 g/mol. The number of hydrogen-bond donors (Lipinski definition) is 0. The van der Waals surface area contributed by atoms with E-state index in [0.717, 1.165) is 16.6 Å². The van der Waals surface area contributed by atoms with E-state index in [1.165, 1.54) is 38.5 Å². The van der Waals surface area contributed by atoms with Crippen LogP contribution in [0.4, 0.5) is 0 Å². The largest absolute Gasteiger partial charge is 0.488 e. The molecule has 2 aliphatic carbocycles. The molecule has 4 heteroatoms. The van der Waals surface area contributed by atoms with Crippen LogP contribution in [0.25, 0.3) is 0 Å². The molecule has 0 aliphatic heterocycles. The molecule has 1 nitrogen and oxygen atoms in total. The van der Waals surface area contributed by atoms with Crippen LogP contribution in [-0.4, -0.2) is 10.9 Å². The molecule has 20 heavy (non-hydrogen) atoms. The third-order valence-corrected chi connectivity index (χ3v) is 6.97. The topological polar surface area (TPSA) is 9.23 Å². The molecule has 0 heterocycles. The molecule has 1 aromatic rings. The van der Waals surface area contributed by atoms with Crippen molar-refractivity contribution in [2.24, 2.45) is 5.41 Å². The summed E-state index contributed by atoms with van der Waals surface area (Å²) in [6.45, 7) is 0. The highest BCUT2D eigenvalue weighted by atomic mass is 79.9. The summed E-state index contributed by atoms with van der Waals surface area (Å²) in [6, 6.07) is 5.82. The van der Waals surface area contributed by atoms with Crippen LogP contribution in [0.5, 0.6) is 5.75 Å². The quantitative estimate of drug-likeness (QED) is 0.504. The Labute approximate surface area is 142 Å². The zero-order valence-electron chi connectivity index (χ0n) is 11.4. The molecule has 2 fully saturated rings. The summed E-state index contributed by atoms with van der Waals surface area (Å²) in [7, 11) is 0. The summed E-state index contributed by atoms with van der Waals surface area (Å²) < 4.78 is 7.30. The minimum atomic E-state index is 0.303. The van der Waals surface area contributed by atoms with Crippen LogP contribution in [0.1, 0.15) is 44.9 Å². The minimum Gasteiger partial charge on any atom is -0.488 e. The molecule has 0 radical (unpaired) electrons. The summed E-state index contributed by atoms with van der Waals surface area (Å²) in [5.41, 5.74) is 0.322. The van der Waals surface area contributed by atoms with E-state index in [4.69, 9.17) is 16.3 Å². The Morgan fingerprint density at radius 3 is 2.50 bits per heavy atom. The van der Waals surface area contributed by atoms with Crippen LogP contribution in [0.2, 0.25) is 5.02 Å². The zero-order valence-corrected chi connectivity index (χ0v) is 15.3. The van der Waals surface area contributed by atoms with Gasteiger partial charge in [0.2, 0.25) is 0 Å². The van der Waals surface area contributed by atoms with Gasteiger partial charge in [-0.2, -0.15) is 0 Å². The first-order chi connectivity index (χ1) is 9.62. The van der Waals surface area contributed by atoms with E-state index in [0.29, 0.717) is 21.4 Å². The molecule has 2 aliphatic rings. The minimum absolute atomic E-state index is 0.303. The zero-order chi connectivity index (χ0) is 14.2. The average molecular weight is 423 g/mol. The van der Waals surface area contributed by atoms with Crippen molar-refractivity contribution < 1.29 is 4.74 Å². The summed E-state index contributed by atoms with van der Waals surface area (Å²) in [5.74, 6) is 0.814. The maximum absolute atomic E-state index is 6.29. The Morgan fingerprint density at radius 2 is 1.85 bits per heavy atom. The second kappa shape index (κ2) is 6.18. The van der Waals surface area contributed by atoms with Crippen molar-refractivity contribution in [3.05, 3.63) is 27.7 Å². The first kappa shape index (κ1) is 15.2. The second-order valence-electron chi connectivity index (χ2n) is 6.03. The van der Waals surface area contributed by atoms with Gasteiger partial charge in [-0.05, 0) is 37.5 Å². The highest BCUT2D eigenvalue weighted by molar-refractivity contribution is 9.10. The molecule has 0 amide bonds. The number of rotatable bonds is 2. The van der Waals surface area contributed by atoms with E-state index in [1.807, 2.05) is 18.2 Å². The van der Waals surface area contributed by atoms with E-state index < -0.39 is 0 Å². The second-order valence-corrected chi connectivity index (χ2v) is 8.46. The third-order valence-electron chi connectivity index (χ3n) is 4.88. The Hall–Kier alpha value is 0.270. The van der Waals surface area contributed by atoms with Crippen molar-refractivity contribution in [2.45, 2.75) is 55.9 Å². The van der Waals surface area contributed by atoms with Gasteiger partial charge in [-0.15, -0.1) is 0 Å². The van der Waals surface area contributed by atoms with Crippen molar-refractivity contribution in [1.82, 2.24) is 0 Å². The lowest BCUT2D eigenvalue weighted by atomic mass is 9.61. The van der Waals surface area contributed by atoms with Gasteiger partial charge in [0.15, 0.2) is 0 Å². The summed E-state index contributed by atoms with van der Waals surface area (Å²) >= 11 is 13.6. The standard InChI is InChI=1S/C16H19Br2ClO/c17-11-5-6-12(19)13(9-11)20-15-10-14(18)16(15)7-3-1-2-4-8-16/h5-6,9,14-15H,1-4,7-8,10H2. The van der Waals surface area contributed by atoms with Gasteiger partial charge >= 0.3 is 0 Å². The first-order valence-electron chi connectivity index (χ1n) is 7.37. The van der Waals surface area contributed by atoms with E-state index in [9.17, 15) is 0 Å². The fourth-order valence-corrected chi connectivity index (χ4v) is 5.20. The molecule has 0 N–H and O–H groups in total. The lowest BCUT2D eigenvalue weighted by molar-refractivity contribution is -0.0461. The number of alkyl halides is 1. The fraction of sp³-hybridized carbons (Fsp3) is 0.625. The highest BCUT2D eigenvalue weighted by Crippen LogP contribution is 2.56. The normalized spacial score (nSPS) is 28.8. The van der Waals surface area contributed by atoms with Gasteiger partial charge in [0.1, 0.15) is 11.9 Å². The van der Waals surface area contributed by atoms with Crippen LogP contribution >= 0.6 is 43.5 Å². The molecule has 1 aromatic carbocycles. The fourth-order valence-electron chi connectivity index (χ4n) is 3.61. The lowest BCUT2D eigenvalue weighted by Crippen LogP contribution is -2.56. The molecule has 1 spiro atoms. The summed E-state index contributed by atoms with van der Waals surface area (Å²) in [5, 5.41) is 0.704. The Balaban J connectivity index is 1.78. The maximum Gasteiger partial charge on any atom is 0.139 e. The molecule has 2 saturated carbocycles. The van der Waals surface area contributed by atoms with Crippen molar-refractivity contribution in [3.8, 4) is 5.75 Å². The molecule has 0 bridgehead atoms. The van der Waals surface area contributed by atoms with Gasteiger partial charge < -0.3 is 4.74 Å². The maximum atomic E-state index is 6.29. The van der Waals surface area contributed by atoms with Crippen molar-refractivity contribution in [3.63, 3.8) is 0 Å².